The van der Waals surface area contributed by atoms with E-state index in [2.05, 4.69) is 16.0 Å². The molecule has 0 spiro atoms. The second kappa shape index (κ2) is 5.95. The maximum atomic E-state index is 8.86. The van der Waals surface area contributed by atoms with Crippen LogP contribution in [0.2, 0.25) is 0 Å². The van der Waals surface area contributed by atoms with Crippen LogP contribution in [-0.2, 0) is 13.1 Å². The van der Waals surface area contributed by atoms with Crippen molar-refractivity contribution < 1.29 is 0 Å². The predicted octanol–water partition coefficient (Wildman–Crippen LogP) is 2.59. The minimum atomic E-state index is 0.707. The Morgan fingerprint density at radius 2 is 2.06 bits per heavy atom. The third kappa shape index (κ3) is 3.41. The summed E-state index contributed by atoms with van der Waals surface area (Å²) in [6, 6.07) is 15.8. The molecule has 0 aliphatic carbocycles. The third-order valence-corrected chi connectivity index (χ3v) is 2.67. The molecule has 2 rings (SSSR count). The molecular formula is C15H15N3. The number of nitriles is 1. The van der Waals surface area contributed by atoms with Crippen molar-refractivity contribution in [3.63, 3.8) is 0 Å². The fraction of sp³-hybridized carbons (Fsp3) is 0.200. The molecule has 0 radical (unpaired) electrons. The highest BCUT2D eigenvalue weighted by atomic mass is 15.1. The van der Waals surface area contributed by atoms with Crippen molar-refractivity contribution in [3.8, 4) is 6.07 Å². The molecular weight excluding hydrogens is 222 g/mol. The van der Waals surface area contributed by atoms with Gasteiger partial charge in [0, 0.05) is 19.3 Å². The van der Waals surface area contributed by atoms with Crippen LogP contribution in [0.3, 0.4) is 0 Å². The molecule has 0 amide bonds. The van der Waals surface area contributed by atoms with E-state index in [4.69, 9.17) is 5.26 Å². The summed E-state index contributed by atoms with van der Waals surface area (Å²) in [7, 11) is 2.05. The van der Waals surface area contributed by atoms with E-state index in [9.17, 15) is 0 Å². The Morgan fingerprint density at radius 3 is 2.78 bits per heavy atom. The number of rotatable bonds is 4. The first kappa shape index (κ1) is 12.3. The molecule has 0 saturated carbocycles. The van der Waals surface area contributed by atoms with E-state index in [0.717, 1.165) is 24.3 Å². The van der Waals surface area contributed by atoms with Gasteiger partial charge in [-0.3, -0.25) is 9.88 Å². The molecule has 1 heterocycles. The first-order valence-electron chi connectivity index (χ1n) is 5.85. The van der Waals surface area contributed by atoms with Gasteiger partial charge in [-0.15, -0.1) is 0 Å². The van der Waals surface area contributed by atoms with E-state index in [0.29, 0.717) is 5.56 Å². The topological polar surface area (TPSA) is 39.9 Å². The van der Waals surface area contributed by atoms with Gasteiger partial charge in [0.05, 0.1) is 17.3 Å². The molecule has 0 unspecified atom stereocenters. The Morgan fingerprint density at radius 1 is 1.17 bits per heavy atom. The van der Waals surface area contributed by atoms with Gasteiger partial charge < -0.3 is 0 Å². The smallest absolute Gasteiger partial charge is 0.0991 e. The first-order valence-corrected chi connectivity index (χ1v) is 5.85. The molecule has 1 aromatic heterocycles. The number of nitrogens with zero attached hydrogens (tertiary/aromatic N) is 3. The van der Waals surface area contributed by atoms with E-state index in [1.165, 1.54) is 0 Å². The summed E-state index contributed by atoms with van der Waals surface area (Å²) in [5, 5.41) is 8.86. The normalized spacial score (nSPS) is 10.3. The molecule has 18 heavy (non-hydrogen) atoms. The summed E-state index contributed by atoms with van der Waals surface area (Å²) < 4.78 is 0. The Hall–Kier alpha value is -2.18. The average molecular weight is 237 g/mol. The van der Waals surface area contributed by atoms with Crippen molar-refractivity contribution in [3.05, 3.63) is 65.5 Å². The number of aromatic nitrogens is 1. The molecule has 0 fully saturated rings. The van der Waals surface area contributed by atoms with Crippen LogP contribution in [0.1, 0.15) is 16.8 Å². The van der Waals surface area contributed by atoms with Crippen molar-refractivity contribution in [2.75, 3.05) is 7.05 Å². The van der Waals surface area contributed by atoms with Crippen LogP contribution in [0, 0.1) is 11.3 Å². The monoisotopic (exact) mass is 237 g/mol. The van der Waals surface area contributed by atoms with E-state index >= 15 is 0 Å². The Balaban J connectivity index is 1.99. The zero-order valence-electron chi connectivity index (χ0n) is 10.4. The Bertz CT molecular complexity index is 543. The minimum absolute atomic E-state index is 0.707. The molecule has 0 aliphatic heterocycles. The number of hydrogen-bond donors (Lipinski definition) is 0. The van der Waals surface area contributed by atoms with Crippen LogP contribution in [0.25, 0.3) is 0 Å². The van der Waals surface area contributed by atoms with Gasteiger partial charge in [-0.2, -0.15) is 5.26 Å². The molecule has 0 atom stereocenters. The van der Waals surface area contributed by atoms with Gasteiger partial charge in [-0.05, 0) is 36.9 Å². The second-order valence-electron chi connectivity index (χ2n) is 4.31. The van der Waals surface area contributed by atoms with Crippen LogP contribution in [0.15, 0.2) is 48.7 Å². The van der Waals surface area contributed by atoms with Crippen LogP contribution >= 0.6 is 0 Å². The van der Waals surface area contributed by atoms with Crippen LogP contribution in [0.5, 0.6) is 0 Å². The average Bonchev–Trinajstić information content (AvgIpc) is 2.40. The Kier molecular flexibility index (Phi) is 4.06. The largest absolute Gasteiger partial charge is 0.296 e. The quantitative estimate of drug-likeness (QED) is 0.820. The van der Waals surface area contributed by atoms with Crippen molar-refractivity contribution in [1.29, 1.82) is 5.26 Å². The Labute approximate surface area is 107 Å². The van der Waals surface area contributed by atoms with Gasteiger partial charge in [0.15, 0.2) is 0 Å². The summed E-state index contributed by atoms with van der Waals surface area (Å²) >= 11 is 0. The second-order valence-corrected chi connectivity index (χ2v) is 4.31. The first-order chi connectivity index (χ1) is 8.78. The zero-order valence-corrected chi connectivity index (χ0v) is 10.4. The molecule has 3 heteroatoms. The van der Waals surface area contributed by atoms with Crippen molar-refractivity contribution >= 4 is 0 Å². The van der Waals surface area contributed by atoms with Gasteiger partial charge in [-0.25, -0.2) is 0 Å². The van der Waals surface area contributed by atoms with E-state index in [1.54, 1.807) is 6.20 Å². The van der Waals surface area contributed by atoms with E-state index in [1.807, 2.05) is 49.5 Å². The maximum Gasteiger partial charge on any atom is 0.0991 e. The highest BCUT2D eigenvalue weighted by molar-refractivity contribution is 5.32. The maximum absolute atomic E-state index is 8.86. The molecule has 0 aliphatic rings. The predicted molar refractivity (Wildman–Crippen MR) is 70.6 cm³/mol. The van der Waals surface area contributed by atoms with Gasteiger partial charge >= 0.3 is 0 Å². The highest BCUT2D eigenvalue weighted by Crippen LogP contribution is 2.08. The van der Waals surface area contributed by atoms with Crippen molar-refractivity contribution in [2.45, 2.75) is 13.1 Å². The third-order valence-electron chi connectivity index (χ3n) is 2.67. The lowest BCUT2D eigenvalue weighted by Crippen LogP contribution is -2.17. The van der Waals surface area contributed by atoms with Crippen molar-refractivity contribution in [2.24, 2.45) is 0 Å². The van der Waals surface area contributed by atoms with E-state index < -0.39 is 0 Å². The lowest BCUT2D eigenvalue weighted by molar-refractivity contribution is 0.315. The molecule has 90 valence electrons. The molecule has 0 bridgehead atoms. The fourth-order valence-electron chi connectivity index (χ4n) is 1.88. The van der Waals surface area contributed by atoms with Crippen molar-refractivity contribution in [1.82, 2.24) is 9.88 Å². The summed E-state index contributed by atoms with van der Waals surface area (Å²) in [5.41, 5.74) is 2.91. The lowest BCUT2D eigenvalue weighted by atomic mass is 10.1. The van der Waals surface area contributed by atoms with Gasteiger partial charge in [0.25, 0.3) is 0 Å². The van der Waals surface area contributed by atoms with E-state index in [-0.39, 0.29) is 0 Å². The number of pyridine rings is 1. The standard InChI is InChI=1S/C15H15N3/c1-18(12-15-7-2-3-8-17-15)11-14-6-4-5-13(9-14)10-16/h2-9H,11-12H2,1H3. The molecule has 0 saturated heterocycles. The van der Waals surface area contributed by atoms with Gasteiger partial charge in [-0.1, -0.05) is 18.2 Å². The summed E-state index contributed by atoms with van der Waals surface area (Å²) in [5.74, 6) is 0. The summed E-state index contributed by atoms with van der Waals surface area (Å²) in [6.07, 6.45) is 1.81. The van der Waals surface area contributed by atoms with Gasteiger partial charge in [0.1, 0.15) is 0 Å². The molecule has 2 aromatic rings. The minimum Gasteiger partial charge on any atom is -0.296 e. The summed E-state index contributed by atoms with van der Waals surface area (Å²) in [6.45, 7) is 1.61. The zero-order chi connectivity index (χ0) is 12.8. The SMILES string of the molecule is CN(Cc1cccc(C#N)c1)Cc1ccccn1. The fourth-order valence-corrected chi connectivity index (χ4v) is 1.88. The van der Waals surface area contributed by atoms with Crippen LogP contribution in [-0.4, -0.2) is 16.9 Å². The van der Waals surface area contributed by atoms with Crippen LogP contribution < -0.4 is 0 Å². The number of hydrogen-bond acceptors (Lipinski definition) is 3. The molecule has 0 N–H and O–H groups in total. The lowest BCUT2D eigenvalue weighted by Gasteiger charge is -2.16. The van der Waals surface area contributed by atoms with Gasteiger partial charge in [0.2, 0.25) is 0 Å². The molecule has 1 aromatic carbocycles. The molecule has 3 nitrogen and oxygen atoms in total. The highest BCUT2D eigenvalue weighted by Gasteiger charge is 2.03. The van der Waals surface area contributed by atoms with Crippen LogP contribution in [0.4, 0.5) is 0 Å². The number of benzene rings is 1. The summed E-state index contributed by atoms with van der Waals surface area (Å²) in [4.78, 5) is 6.48.